The van der Waals surface area contributed by atoms with Crippen LogP contribution >= 0.6 is 11.3 Å². The molecule has 9 nitrogen and oxygen atoms in total. The third-order valence-electron chi connectivity index (χ3n) is 5.91. The van der Waals surface area contributed by atoms with Crippen LogP contribution in [0.5, 0.6) is 0 Å². The number of aromatic nitrogens is 5. The van der Waals surface area contributed by atoms with Gasteiger partial charge < -0.3 is 21.1 Å². The normalized spacial score (nSPS) is 19.1. The summed E-state index contributed by atoms with van der Waals surface area (Å²) in [6.45, 7) is 7.13. The molecule has 0 unspecified atom stereocenters. The van der Waals surface area contributed by atoms with Crippen LogP contribution in [0, 0.1) is 5.92 Å². The van der Waals surface area contributed by atoms with Crippen LogP contribution in [0.2, 0.25) is 0 Å². The highest BCUT2D eigenvalue weighted by atomic mass is 32.1. The number of fused-ring (bicyclic) bond motifs is 2. The average molecular weight is 453 g/mol. The van der Waals surface area contributed by atoms with Gasteiger partial charge in [0.15, 0.2) is 5.65 Å². The number of hydrogen-bond acceptors (Lipinski definition) is 9. The van der Waals surface area contributed by atoms with E-state index in [-0.39, 0.29) is 12.0 Å². The molecule has 5 rings (SSSR count). The van der Waals surface area contributed by atoms with Gasteiger partial charge in [-0.1, -0.05) is 13.8 Å². The summed E-state index contributed by atoms with van der Waals surface area (Å²) < 4.78 is 2.93. The molecule has 0 aromatic carbocycles. The second-order valence-corrected chi connectivity index (χ2v) is 9.64. The Balaban J connectivity index is 1.40. The van der Waals surface area contributed by atoms with Crippen LogP contribution in [-0.2, 0) is 6.54 Å². The van der Waals surface area contributed by atoms with Gasteiger partial charge in [-0.2, -0.15) is 9.61 Å². The monoisotopic (exact) mass is 452 g/mol. The number of anilines is 2. The zero-order valence-electron chi connectivity index (χ0n) is 18.2. The predicted octanol–water partition coefficient (Wildman–Crippen LogP) is 2.85. The molecule has 1 aliphatic heterocycles. The van der Waals surface area contributed by atoms with Crippen molar-refractivity contribution in [3.63, 3.8) is 0 Å². The first-order valence-electron chi connectivity index (χ1n) is 11.0. The van der Waals surface area contributed by atoms with Gasteiger partial charge >= 0.3 is 0 Å². The molecular weight excluding hydrogens is 424 g/mol. The lowest BCUT2D eigenvalue weighted by atomic mass is 9.95. The molecule has 0 aliphatic carbocycles. The number of hydrogen-bond donors (Lipinski definition) is 4. The second-order valence-electron chi connectivity index (χ2n) is 8.52. The topological polar surface area (TPSA) is 112 Å². The summed E-state index contributed by atoms with van der Waals surface area (Å²) in [5.41, 5.74) is 2.90. The molecule has 168 valence electrons. The average Bonchev–Trinajstić information content (AvgIpc) is 3.41. The van der Waals surface area contributed by atoms with Gasteiger partial charge in [0.1, 0.15) is 16.6 Å². The van der Waals surface area contributed by atoms with Gasteiger partial charge in [-0.3, -0.25) is 4.98 Å². The number of β-amino-alcohol motifs (C(OH)–C–C–N with tert-alkyl or cyclic N) is 1. The molecule has 1 fully saturated rings. The van der Waals surface area contributed by atoms with E-state index in [4.69, 9.17) is 9.97 Å². The Kier molecular flexibility index (Phi) is 5.90. The van der Waals surface area contributed by atoms with Crippen LogP contribution < -0.4 is 16.0 Å². The Labute approximate surface area is 190 Å². The largest absolute Gasteiger partial charge is 0.391 e. The zero-order valence-corrected chi connectivity index (χ0v) is 19.1. The van der Waals surface area contributed by atoms with Crippen molar-refractivity contribution in [2.75, 3.05) is 30.3 Å². The smallest absolute Gasteiger partial charge is 0.163 e. The molecule has 32 heavy (non-hydrogen) atoms. The van der Waals surface area contributed by atoms with Crippen molar-refractivity contribution in [1.29, 1.82) is 0 Å². The van der Waals surface area contributed by atoms with Crippen molar-refractivity contribution < 1.29 is 5.11 Å². The molecule has 1 aliphatic rings. The fourth-order valence-corrected chi connectivity index (χ4v) is 4.92. The van der Waals surface area contributed by atoms with E-state index in [1.165, 1.54) is 0 Å². The zero-order chi connectivity index (χ0) is 22.1. The van der Waals surface area contributed by atoms with Crippen LogP contribution in [0.25, 0.3) is 15.9 Å². The molecule has 5 heterocycles. The first-order chi connectivity index (χ1) is 15.6. The van der Waals surface area contributed by atoms with Gasteiger partial charge in [-0.15, -0.1) is 11.3 Å². The SMILES string of the molecule is CC(C)c1cnn2c(NCc3nc4ccncc4s3)cc(NC[C@H]3CCNC[C@@H]3O)nc12. The summed E-state index contributed by atoms with van der Waals surface area (Å²) in [4.78, 5) is 13.7. The lowest BCUT2D eigenvalue weighted by Crippen LogP contribution is -2.43. The quantitative estimate of drug-likeness (QED) is 0.339. The second kappa shape index (κ2) is 8.97. The van der Waals surface area contributed by atoms with Gasteiger partial charge in [-0.25, -0.2) is 9.97 Å². The van der Waals surface area contributed by atoms with Crippen LogP contribution in [-0.4, -0.2) is 55.4 Å². The van der Waals surface area contributed by atoms with E-state index >= 15 is 0 Å². The lowest BCUT2D eigenvalue weighted by molar-refractivity contribution is 0.0883. The number of pyridine rings is 1. The summed E-state index contributed by atoms with van der Waals surface area (Å²) in [6, 6.07) is 3.91. The minimum Gasteiger partial charge on any atom is -0.391 e. The van der Waals surface area contributed by atoms with Crippen molar-refractivity contribution in [2.24, 2.45) is 5.92 Å². The Morgan fingerprint density at radius 2 is 2.19 bits per heavy atom. The van der Waals surface area contributed by atoms with Crippen molar-refractivity contribution >= 4 is 38.8 Å². The van der Waals surface area contributed by atoms with Gasteiger partial charge in [0, 0.05) is 43.0 Å². The van der Waals surface area contributed by atoms with Crippen molar-refractivity contribution in [1.82, 2.24) is 29.9 Å². The van der Waals surface area contributed by atoms with Gasteiger partial charge in [-0.05, 0) is 24.9 Å². The molecular formula is C22H28N8OS. The van der Waals surface area contributed by atoms with E-state index in [0.717, 1.165) is 51.0 Å². The highest BCUT2D eigenvalue weighted by molar-refractivity contribution is 7.18. The Hall–Kier alpha value is -2.82. The highest BCUT2D eigenvalue weighted by Crippen LogP contribution is 2.26. The number of thiazole rings is 1. The molecule has 0 saturated carbocycles. The van der Waals surface area contributed by atoms with Crippen LogP contribution in [0.3, 0.4) is 0 Å². The first kappa shape index (κ1) is 21.0. The molecule has 0 amide bonds. The summed E-state index contributed by atoms with van der Waals surface area (Å²) in [6.07, 6.45) is 6.10. The molecule has 4 N–H and O–H groups in total. The van der Waals surface area contributed by atoms with E-state index < -0.39 is 0 Å². The maximum Gasteiger partial charge on any atom is 0.163 e. The summed E-state index contributed by atoms with van der Waals surface area (Å²) in [5.74, 6) is 2.15. The third kappa shape index (κ3) is 4.25. The number of rotatable bonds is 7. The number of nitrogens with zero attached hydrogens (tertiary/aromatic N) is 5. The minimum absolute atomic E-state index is 0.205. The van der Waals surface area contributed by atoms with Crippen molar-refractivity contribution in [3.05, 3.63) is 41.3 Å². The Morgan fingerprint density at radius 1 is 1.28 bits per heavy atom. The Morgan fingerprint density at radius 3 is 3.00 bits per heavy atom. The van der Waals surface area contributed by atoms with Crippen LogP contribution in [0.4, 0.5) is 11.6 Å². The van der Waals surface area contributed by atoms with Crippen LogP contribution in [0.1, 0.15) is 36.8 Å². The maximum atomic E-state index is 10.3. The molecule has 4 aromatic rings. The molecule has 0 radical (unpaired) electrons. The summed E-state index contributed by atoms with van der Waals surface area (Å²) >= 11 is 1.63. The molecule has 1 saturated heterocycles. The van der Waals surface area contributed by atoms with E-state index in [9.17, 15) is 5.11 Å². The van der Waals surface area contributed by atoms with Gasteiger partial charge in [0.2, 0.25) is 0 Å². The molecule has 10 heteroatoms. The molecule has 4 aromatic heterocycles. The van der Waals surface area contributed by atoms with Crippen molar-refractivity contribution in [3.8, 4) is 0 Å². The fourth-order valence-electron chi connectivity index (χ4n) is 4.04. The number of nitrogens with one attached hydrogen (secondary N) is 3. The molecule has 2 atom stereocenters. The predicted molar refractivity (Wildman–Crippen MR) is 127 cm³/mol. The first-order valence-corrected chi connectivity index (χ1v) is 11.8. The maximum absolute atomic E-state index is 10.3. The van der Waals surface area contributed by atoms with E-state index in [1.807, 2.05) is 29.0 Å². The molecule has 0 bridgehead atoms. The number of aliphatic hydroxyl groups is 1. The third-order valence-corrected chi connectivity index (χ3v) is 6.92. The number of aliphatic hydroxyl groups excluding tert-OH is 1. The fraction of sp³-hybridized carbons (Fsp3) is 0.455. The number of piperidine rings is 1. The minimum atomic E-state index is -0.340. The van der Waals surface area contributed by atoms with Crippen molar-refractivity contribution in [2.45, 2.75) is 38.8 Å². The standard InChI is InChI=1S/C22H28N8OS/c1-13(2)15-9-27-30-20(26-12-21-28-16-4-6-24-11-18(16)32-21)7-19(29-22(15)30)25-8-14-3-5-23-10-17(14)31/h4,6-7,9,11,13-14,17,23,26,31H,3,5,8,10,12H2,1-2H3,(H,25,29)/t14-,17+/m1/s1. The van der Waals surface area contributed by atoms with Gasteiger partial charge in [0.05, 0.1) is 29.1 Å². The molecule has 0 spiro atoms. The summed E-state index contributed by atoms with van der Waals surface area (Å²) in [5, 5.41) is 26.0. The summed E-state index contributed by atoms with van der Waals surface area (Å²) in [7, 11) is 0. The highest BCUT2D eigenvalue weighted by Gasteiger charge is 2.23. The van der Waals surface area contributed by atoms with Crippen LogP contribution in [0.15, 0.2) is 30.7 Å². The van der Waals surface area contributed by atoms with E-state index in [0.29, 0.717) is 25.6 Å². The Bertz CT molecular complexity index is 1190. The van der Waals surface area contributed by atoms with Gasteiger partial charge in [0.25, 0.3) is 0 Å². The van der Waals surface area contributed by atoms with E-state index in [2.05, 4.69) is 39.9 Å². The van der Waals surface area contributed by atoms with E-state index in [1.54, 1.807) is 17.5 Å². The lowest BCUT2D eigenvalue weighted by Gasteiger charge is -2.28.